The van der Waals surface area contributed by atoms with Crippen LogP contribution in [-0.4, -0.2) is 46.5 Å². The molecule has 0 aliphatic carbocycles. The molecule has 33 heavy (non-hydrogen) atoms. The van der Waals surface area contributed by atoms with E-state index in [1.54, 1.807) is 24.5 Å². The summed E-state index contributed by atoms with van der Waals surface area (Å²) in [6.07, 6.45) is -0.538. The van der Waals surface area contributed by atoms with Gasteiger partial charge in [-0.2, -0.15) is 0 Å². The molecule has 1 saturated heterocycles. The molecule has 0 radical (unpaired) electrons. The van der Waals surface area contributed by atoms with E-state index in [4.69, 9.17) is 0 Å². The molecule has 10 heteroatoms. The summed E-state index contributed by atoms with van der Waals surface area (Å²) in [5.74, 6) is -0.700. The number of hydrogen-bond acceptors (Lipinski definition) is 6. The number of nitrogens with one attached hydrogen (secondary N) is 1. The summed E-state index contributed by atoms with van der Waals surface area (Å²) < 4.78 is 40.8. The molecule has 0 spiro atoms. The van der Waals surface area contributed by atoms with Gasteiger partial charge >= 0.3 is 6.36 Å². The number of rotatable bonds is 5. The SMILES string of the molecule is C[C@@H]1CN(c2ccc(C(=O)Nc3ccc(OC(F)(F)F)cc3)cc2-c2cncnc2)C[C@@H]1O. The monoisotopic (exact) mass is 458 g/mol. The molecular formula is C23H21F3N4O3. The number of alkyl halides is 3. The standard InChI is InChI=1S/C23H21F3N4O3/c1-14-11-30(12-21(14)31)20-7-2-15(8-19(20)16-9-27-13-28-10-16)22(32)29-17-3-5-18(6-4-17)33-23(24,25)26/h2-10,13-14,21,31H,11-12H2,1H3,(H,29,32)/t14-,21+/m1/s1. The van der Waals surface area contributed by atoms with Crippen molar-refractivity contribution in [2.45, 2.75) is 19.4 Å². The number of aromatic nitrogens is 2. The summed E-state index contributed by atoms with van der Waals surface area (Å²) in [4.78, 5) is 23.0. The predicted octanol–water partition coefficient (Wildman–Crippen LogP) is 4.11. The van der Waals surface area contributed by atoms with Crippen LogP contribution < -0.4 is 15.0 Å². The molecule has 0 saturated carbocycles. The number of aliphatic hydroxyl groups is 1. The zero-order chi connectivity index (χ0) is 23.6. The van der Waals surface area contributed by atoms with Gasteiger partial charge in [-0.25, -0.2) is 9.97 Å². The number of amides is 1. The Morgan fingerprint density at radius 2 is 1.82 bits per heavy atom. The first kappa shape index (κ1) is 22.5. The fraction of sp³-hybridized carbons (Fsp3) is 0.261. The summed E-state index contributed by atoms with van der Waals surface area (Å²) in [5.41, 5.74) is 2.96. The van der Waals surface area contributed by atoms with Crippen LogP contribution in [0.25, 0.3) is 11.1 Å². The second-order valence-corrected chi connectivity index (χ2v) is 7.84. The molecule has 2 N–H and O–H groups in total. The van der Waals surface area contributed by atoms with Gasteiger partial charge in [0.2, 0.25) is 0 Å². The number of halogens is 3. The average Bonchev–Trinajstić information content (AvgIpc) is 3.12. The van der Waals surface area contributed by atoms with Crippen LogP contribution in [-0.2, 0) is 0 Å². The van der Waals surface area contributed by atoms with Gasteiger partial charge in [-0.3, -0.25) is 4.79 Å². The van der Waals surface area contributed by atoms with Crippen molar-refractivity contribution in [1.29, 1.82) is 0 Å². The van der Waals surface area contributed by atoms with Crippen molar-refractivity contribution in [3.8, 4) is 16.9 Å². The summed E-state index contributed by atoms with van der Waals surface area (Å²) >= 11 is 0. The maximum Gasteiger partial charge on any atom is 0.573 e. The van der Waals surface area contributed by atoms with Crippen molar-refractivity contribution >= 4 is 17.3 Å². The normalized spacial score (nSPS) is 18.3. The summed E-state index contributed by atoms with van der Waals surface area (Å²) in [6.45, 7) is 3.11. The van der Waals surface area contributed by atoms with Crippen LogP contribution in [0.3, 0.4) is 0 Å². The van der Waals surface area contributed by atoms with Crippen LogP contribution in [0.5, 0.6) is 5.75 Å². The summed E-state index contributed by atoms with van der Waals surface area (Å²) in [5, 5.41) is 12.8. The molecule has 1 aromatic heterocycles. The zero-order valence-electron chi connectivity index (χ0n) is 17.6. The average molecular weight is 458 g/mol. The minimum Gasteiger partial charge on any atom is -0.406 e. The number of β-amino-alcohol motifs (C(OH)–C–C–N with tert-alkyl or cyclic N) is 1. The number of aliphatic hydroxyl groups excluding tert-OH is 1. The van der Waals surface area contributed by atoms with E-state index in [9.17, 15) is 23.1 Å². The largest absolute Gasteiger partial charge is 0.573 e. The first-order chi connectivity index (χ1) is 15.7. The molecule has 1 aliphatic rings. The van der Waals surface area contributed by atoms with Gasteiger partial charge < -0.3 is 20.1 Å². The molecule has 1 fully saturated rings. The number of nitrogens with zero attached hydrogens (tertiary/aromatic N) is 3. The molecule has 0 bridgehead atoms. The van der Waals surface area contributed by atoms with E-state index in [1.165, 1.54) is 18.5 Å². The van der Waals surface area contributed by atoms with Crippen molar-refractivity contribution in [2.24, 2.45) is 5.92 Å². The van der Waals surface area contributed by atoms with Crippen LogP contribution in [0.2, 0.25) is 0 Å². The van der Waals surface area contributed by atoms with Crippen molar-refractivity contribution in [1.82, 2.24) is 9.97 Å². The molecule has 7 nitrogen and oxygen atoms in total. The van der Waals surface area contributed by atoms with Gasteiger partial charge in [0.1, 0.15) is 12.1 Å². The lowest BCUT2D eigenvalue weighted by Gasteiger charge is -2.22. The quantitative estimate of drug-likeness (QED) is 0.598. The molecule has 2 heterocycles. The molecule has 3 aromatic rings. The number of anilines is 2. The topological polar surface area (TPSA) is 87.6 Å². The van der Waals surface area contributed by atoms with E-state index in [1.807, 2.05) is 13.0 Å². The van der Waals surface area contributed by atoms with Crippen LogP contribution in [0.4, 0.5) is 24.5 Å². The van der Waals surface area contributed by atoms with Crippen molar-refractivity contribution in [2.75, 3.05) is 23.3 Å². The first-order valence-corrected chi connectivity index (χ1v) is 10.2. The van der Waals surface area contributed by atoms with Crippen LogP contribution in [0.1, 0.15) is 17.3 Å². The summed E-state index contributed by atoms with van der Waals surface area (Å²) in [7, 11) is 0. The van der Waals surface area contributed by atoms with Gasteiger partial charge in [-0.15, -0.1) is 13.2 Å². The maximum absolute atomic E-state index is 12.8. The van der Waals surface area contributed by atoms with Crippen molar-refractivity contribution in [3.05, 3.63) is 66.7 Å². The van der Waals surface area contributed by atoms with Gasteiger partial charge in [-0.05, 0) is 42.5 Å². The second-order valence-electron chi connectivity index (χ2n) is 7.84. The molecule has 2 atom stereocenters. The highest BCUT2D eigenvalue weighted by Crippen LogP contribution is 2.34. The fourth-order valence-corrected chi connectivity index (χ4v) is 3.71. The third-order valence-electron chi connectivity index (χ3n) is 5.39. The molecular weight excluding hydrogens is 437 g/mol. The number of hydrogen-bond donors (Lipinski definition) is 2. The third kappa shape index (κ3) is 5.40. The smallest absolute Gasteiger partial charge is 0.406 e. The van der Waals surface area contributed by atoms with E-state index >= 15 is 0 Å². The van der Waals surface area contributed by atoms with Crippen molar-refractivity contribution in [3.63, 3.8) is 0 Å². The Bertz CT molecular complexity index is 1110. The fourth-order valence-electron chi connectivity index (χ4n) is 3.71. The molecule has 4 rings (SSSR count). The Hall–Kier alpha value is -3.66. The number of carbonyl (C=O) groups is 1. The van der Waals surface area contributed by atoms with E-state index in [0.29, 0.717) is 29.9 Å². The predicted molar refractivity (Wildman–Crippen MR) is 116 cm³/mol. The summed E-state index contributed by atoms with van der Waals surface area (Å²) in [6, 6.07) is 10.1. The van der Waals surface area contributed by atoms with Crippen LogP contribution in [0.15, 0.2) is 61.2 Å². The Morgan fingerprint density at radius 1 is 1.12 bits per heavy atom. The highest BCUT2D eigenvalue weighted by Gasteiger charge is 2.31. The Labute approximate surface area is 187 Å². The van der Waals surface area contributed by atoms with Gasteiger partial charge in [0.05, 0.1) is 6.10 Å². The van der Waals surface area contributed by atoms with Gasteiger partial charge in [0, 0.05) is 59.5 Å². The third-order valence-corrected chi connectivity index (χ3v) is 5.39. The number of ether oxygens (including phenoxy) is 1. The lowest BCUT2D eigenvalue weighted by atomic mass is 10.0. The minimum atomic E-state index is -4.78. The first-order valence-electron chi connectivity index (χ1n) is 10.2. The molecule has 2 aromatic carbocycles. The van der Waals surface area contributed by atoms with Gasteiger partial charge in [0.25, 0.3) is 5.91 Å². The lowest BCUT2D eigenvalue weighted by molar-refractivity contribution is -0.274. The zero-order valence-corrected chi connectivity index (χ0v) is 17.6. The Morgan fingerprint density at radius 3 is 2.42 bits per heavy atom. The van der Waals surface area contributed by atoms with Gasteiger partial charge in [-0.1, -0.05) is 6.92 Å². The minimum absolute atomic E-state index is 0.108. The van der Waals surface area contributed by atoms with E-state index in [0.717, 1.165) is 23.4 Å². The van der Waals surface area contributed by atoms with Crippen LogP contribution in [0, 0.1) is 5.92 Å². The Kier molecular flexibility index (Phi) is 6.19. The second kappa shape index (κ2) is 9.07. The van der Waals surface area contributed by atoms with E-state index < -0.39 is 18.4 Å². The van der Waals surface area contributed by atoms with Crippen LogP contribution >= 0.6 is 0 Å². The highest BCUT2D eigenvalue weighted by atomic mass is 19.4. The molecule has 172 valence electrons. The van der Waals surface area contributed by atoms with Crippen molar-refractivity contribution < 1.29 is 27.8 Å². The lowest BCUT2D eigenvalue weighted by Crippen LogP contribution is -2.22. The highest BCUT2D eigenvalue weighted by molar-refractivity contribution is 6.05. The van der Waals surface area contributed by atoms with Gasteiger partial charge in [0.15, 0.2) is 0 Å². The molecule has 1 aliphatic heterocycles. The Balaban J connectivity index is 1.58. The maximum atomic E-state index is 12.8. The molecule has 1 amide bonds. The van der Waals surface area contributed by atoms with E-state index in [2.05, 4.69) is 24.9 Å². The number of benzene rings is 2. The molecule has 0 unspecified atom stereocenters. The van der Waals surface area contributed by atoms with E-state index in [-0.39, 0.29) is 11.7 Å². The number of carbonyl (C=O) groups excluding carboxylic acids is 1.